The minimum atomic E-state index is -0.268. The average Bonchev–Trinajstić information content (AvgIpc) is 2.82. The zero-order valence-corrected chi connectivity index (χ0v) is 11.5. The summed E-state index contributed by atoms with van der Waals surface area (Å²) < 4.78 is 1.53. The lowest BCUT2D eigenvalue weighted by atomic mass is 10.2. The topological polar surface area (TPSA) is 85.8 Å². The van der Waals surface area contributed by atoms with Crippen LogP contribution < -0.4 is 11.1 Å². The molecule has 0 fully saturated rings. The number of nitrogen functional groups attached to an aromatic ring is 1. The van der Waals surface area contributed by atoms with Crippen molar-refractivity contribution in [1.29, 1.82) is 0 Å². The van der Waals surface area contributed by atoms with E-state index in [0.717, 1.165) is 18.4 Å². The standard InChI is InChI=1S/C14H19N5O/c1-2-3-9-16-14(20)12-13(15)19(18-17-12)10-11-7-5-4-6-8-11/h4-8H,2-3,9-10,15H2,1H3,(H,16,20). The van der Waals surface area contributed by atoms with E-state index in [-0.39, 0.29) is 11.6 Å². The monoisotopic (exact) mass is 273 g/mol. The molecule has 1 heterocycles. The van der Waals surface area contributed by atoms with E-state index < -0.39 is 0 Å². The maximum atomic E-state index is 11.9. The molecule has 1 aromatic heterocycles. The van der Waals surface area contributed by atoms with Gasteiger partial charge in [-0.1, -0.05) is 48.9 Å². The van der Waals surface area contributed by atoms with Gasteiger partial charge in [-0.25, -0.2) is 4.68 Å². The highest BCUT2D eigenvalue weighted by Gasteiger charge is 2.16. The zero-order valence-electron chi connectivity index (χ0n) is 11.5. The number of nitrogens with zero attached hydrogens (tertiary/aromatic N) is 3. The van der Waals surface area contributed by atoms with E-state index >= 15 is 0 Å². The number of carbonyl (C=O) groups excluding carboxylic acids is 1. The lowest BCUT2D eigenvalue weighted by Gasteiger charge is -2.04. The maximum absolute atomic E-state index is 11.9. The third kappa shape index (κ3) is 3.34. The average molecular weight is 273 g/mol. The van der Waals surface area contributed by atoms with Crippen molar-refractivity contribution in [2.75, 3.05) is 12.3 Å². The fourth-order valence-corrected chi connectivity index (χ4v) is 1.82. The van der Waals surface area contributed by atoms with Crippen molar-refractivity contribution in [3.63, 3.8) is 0 Å². The van der Waals surface area contributed by atoms with Crippen LogP contribution in [0.5, 0.6) is 0 Å². The summed E-state index contributed by atoms with van der Waals surface area (Å²) in [6, 6.07) is 9.78. The number of anilines is 1. The smallest absolute Gasteiger partial charge is 0.275 e. The van der Waals surface area contributed by atoms with Gasteiger partial charge >= 0.3 is 0 Å². The first kappa shape index (κ1) is 14.0. The van der Waals surface area contributed by atoms with E-state index in [0.29, 0.717) is 18.9 Å². The molecule has 0 aliphatic heterocycles. The summed E-state index contributed by atoms with van der Waals surface area (Å²) in [6.07, 6.45) is 1.96. The van der Waals surface area contributed by atoms with Gasteiger partial charge in [-0.15, -0.1) is 5.10 Å². The summed E-state index contributed by atoms with van der Waals surface area (Å²) in [5.41, 5.74) is 7.18. The van der Waals surface area contributed by atoms with Crippen molar-refractivity contribution in [2.45, 2.75) is 26.3 Å². The second-order valence-electron chi connectivity index (χ2n) is 4.58. The highest BCUT2D eigenvalue weighted by molar-refractivity contribution is 5.96. The van der Waals surface area contributed by atoms with Gasteiger partial charge < -0.3 is 11.1 Å². The number of hydrogen-bond acceptors (Lipinski definition) is 4. The van der Waals surface area contributed by atoms with Crippen LogP contribution in [0.1, 0.15) is 35.8 Å². The Balaban J connectivity index is 2.05. The quantitative estimate of drug-likeness (QED) is 0.780. The van der Waals surface area contributed by atoms with Crippen molar-refractivity contribution in [1.82, 2.24) is 20.3 Å². The van der Waals surface area contributed by atoms with Gasteiger partial charge in [0.15, 0.2) is 11.5 Å². The largest absolute Gasteiger partial charge is 0.382 e. The van der Waals surface area contributed by atoms with Crippen molar-refractivity contribution in [2.24, 2.45) is 0 Å². The van der Waals surface area contributed by atoms with Gasteiger partial charge in [0.05, 0.1) is 6.54 Å². The number of aromatic nitrogens is 3. The maximum Gasteiger partial charge on any atom is 0.275 e. The van der Waals surface area contributed by atoms with Crippen molar-refractivity contribution < 1.29 is 4.79 Å². The Bertz CT molecular complexity index is 564. The molecule has 0 bridgehead atoms. The third-order valence-electron chi connectivity index (χ3n) is 2.98. The van der Waals surface area contributed by atoms with Gasteiger partial charge in [-0.3, -0.25) is 4.79 Å². The Morgan fingerprint density at radius 1 is 1.35 bits per heavy atom. The molecule has 106 valence electrons. The number of hydrogen-bond donors (Lipinski definition) is 2. The van der Waals surface area contributed by atoms with Crippen LogP contribution in [-0.4, -0.2) is 27.4 Å². The van der Waals surface area contributed by atoms with Crippen LogP contribution in [0.2, 0.25) is 0 Å². The summed E-state index contributed by atoms with van der Waals surface area (Å²) in [5, 5.41) is 10.6. The summed E-state index contributed by atoms with van der Waals surface area (Å²) in [7, 11) is 0. The van der Waals surface area contributed by atoms with Crippen LogP contribution in [0, 0.1) is 0 Å². The van der Waals surface area contributed by atoms with Crippen molar-refractivity contribution >= 4 is 11.7 Å². The Morgan fingerprint density at radius 2 is 2.10 bits per heavy atom. The lowest BCUT2D eigenvalue weighted by molar-refractivity contribution is 0.0949. The van der Waals surface area contributed by atoms with Crippen molar-refractivity contribution in [3.05, 3.63) is 41.6 Å². The molecule has 0 radical (unpaired) electrons. The number of unbranched alkanes of at least 4 members (excludes halogenated alkanes) is 1. The predicted octanol–water partition coefficient (Wildman–Crippen LogP) is 1.44. The van der Waals surface area contributed by atoms with E-state index in [2.05, 4.69) is 22.6 Å². The van der Waals surface area contributed by atoms with Crippen LogP contribution in [0.3, 0.4) is 0 Å². The van der Waals surface area contributed by atoms with Crippen LogP contribution in [0.15, 0.2) is 30.3 Å². The molecule has 0 aliphatic carbocycles. The first-order valence-electron chi connectivity index (χ1n) is 6.73. The van der Waals surface area contributed by atoms with Crippen LogP contribution in [0.4, 0.5) is 5.82 Å². The first-order chi connectivity index (χ1) is 9.72. The van der Waals surface area contributed by atoms with Crippen LogP contribution >= 0.6 is 0 Å². The van der Waals surface area contributed by atoms with Gasteiger partial charge in [0.2, 0.25) is 0 Å². The van der Waals surface area contributed by atoms with Crippen molar-refractivity contribution in [3.8, 4) is 0 Å². The third-order valence-corrected chi connectivity index (χ3v) is 2.98. The highest BCUT2D eigenvalue weighted by atomic mass is 16.2. The fraction of sp³-hybridized carbons (Fsp3) is 0.357. The molecule has 0 spiro atoms. The van der Waals surface area contributed by atoms with Gasteiger partial charge in [0.1, 0.15) is 0 Å². The molecule has 2 rings (SSSR count). The molecule has 6 heteroatoms. The zero-order chi connectivity index (χ0) is 14.4. The van der Waals surface area contributed by atoms with Gasteiger partial charge in [0, 0.05) is 6.54 Å². The Labute approximate surface area is 118 Å². The molecule has 20 heavy (non-hydrogen) atoms. The molecule has 0 saturated carbocycles. The minimum Gasteiger partial charge on any atom is -0.382 e. The van der Waals surface area contributed by atoms with Gasteiger partial charge in [-0.2, -0.15) is 0 Å². The molecule has 0 aliphatic rings. The summed E-state index contributed by atoms with van der Waals surface area (Å²) >= 11 is 0. The SMILES string of the molecule is CCCCNC(=O)c1nnn(Cc2ccccc2)c1N. The molecule has 6 nitrogen and oxygen atoms in total. The highest BCUT2D eigenvalue weighted by Crippen LogP contribution is 2.10. The Morgan fingerprint density at radius 3 is 2.80 bits per heavy atom. The number of amides is 1. The van der Waals surface area contributed by atoms with Crippen LogP contribution in [-0.2, 0) is 6.54 Å². The normalized spacial score (nSPS) is 10.4. The van der Waals surface area contributed by atoms with Gasteiger partial charge in [0.25, 0.3) is 5.91 Å². The molecule has 1 aromatic carbocycles. The fourth-order valence-electron chi connectivity index (χ4n) is 1.82. The second kappa shape index (κ2) is 6.70. The number of nitrogens with two attached hydrogens (primary N) is 1. The van der Waals surface area contributed by atoms with E-state index in [1.807, 2.05) is 30.3 Å². The molecular weight excluding hydrogens is 254 g/mol. The lowest BCUT2D eigenvalue weighted by Crippen LogP contribution is -2.25. The molecular formula is C14H19N5O. The number of carbonyl (C=O) groups is 1. The minimum absolute atomic E-state index is 0.192. The summed E-state index contributed by atoms with van der Waals surface area (Å²) in [5.74, 6) is 0.0260. The molecule has 2 aromatic rings. The molecule has 0 saturated heterocycles. The summed E-state index contributed by atoms with van der Waals surface area (Å²) in [6.45, 7) is 3.19. The second-order valence-corrected chi connectivity index (χ2v) is 4.58. The van der Waals surface area contributed by atoms with E-state index in [1.165, 1.54) is 4.68 Å². The van der Waals surface area contributed by atoms with Crippen LogP contribution in [0.25, 0.3) is 0 Å². The van der Waals surface area contributed by atoms with E-state index in [1.54, 1.807) is 0 Å². The Kier molecular flexibility index (Phi) is 4.70. The van der Waals surface area contributed by atoms with Gasteiger partial charge in [-0.05, 0) is 12.0 Å². The summed E-state index contributed by atoms with van der Waals surface area (Å²) in [4.78, 5) is 11.9. The molecule has 0 unspecified atom stereocenters. The number of benzene rings is 1. The number of rotatable bonds is 6. The Hall–Kier alpha value is -2.37. The number of nitrogens with one attached hydrogen (secondary N) is 1. The molecule has 0 atom stereocenters. The predicted molar refractivity (Wildman–Crippen MR) is 77.2 cm³/mol. The molecule has 3 N–H and O–H groups in total. The van der Waals surface area contributed by atoms with E-state index in [9.17, 15) is 4.79 Å². The first-order valence-corrected chi connectivity index (χ1v) is 6.73. The molecule has 1 amide bonds. The van der Waals surface area contributed by atoms with E-state index in [4.69, 9.17) is 5.73 Å².